The van der Waals surface area contributed by atoms with Gasteiger partial charge < -0.3 is 10.6 Å². The normalized spacial score (nSPS) is 12.3. The number of carbonyl (C=O) groups is 1. The number of amides is 1. The van der Waals surface area contributed by atoms with Crippen LogP contribution in [0.25, 0.3) is 0 Å². The Morgan fingerprint density at radius 1 is 1.41 bits per heavy atom. The Morgan fingerprint density at radius 3 is 2.65 bits per heavy atom. The fourth-order valence-corrected chi connectivity index (χ4v) is 1.68. The molecule has 0 radical (unpaired) electrons. The predicted octanol–water partition coefficient (Wildman–Crippen LogP) is 2.29. The van der Waals surface area contributed by atoms with E-state index in [1.165, 1.54) is 0 Å². The van der Waals surface area contributed by atoms with Crippen molar-refractivity contribution in [1.29, 1.82) is 0 Å². The Labute approximate surface area is 103 Å². The van der Waals surface area contributed by atoms with Crippen molar-refractivity contribution >= 4 is 11.7 Å². The Morgan fingerprint density at radius 2 is 2.12 bits per heavy atom. The van der Waals surface area contributed by atoms with Gasteiger partial charge in [0.25, 0.3) is 5.91 Å². The number of aromatic nitrogens is 1. The molecule has 0 aliphatic carbocycles. The van der Waals surface area contributed by atoms with E-state index in [1.807, 2.05) is 12.1 Å². The Balaban J connectivity index is 2.75. The van der Waals surface area contributed by atoms with Gasteiger partial charge in [-0.25, -0.2) is 4.98 Å². The fourth-order valence-electron chi connectivity index (χ4n) is 1.68. The van der Waals surface area contributed by atoms with Crippen molar-refractivity contribution in [3.63, 3.8) is 0 Å². The maximum atomic E-state index is 12.0. The van der Waals surface area contributed by atoms with Gasteiger partial charge in [-0.1, -0.05) is 26.8 Å². The molecule has 0 fully saturated rings. The standard InChI is InChI=1S/C13H21N3O/c1-5-10(9(2)3)16-13(17)11-7-6-8-12(14-4)15-11/h6-10H,5H2,1-4H3,(H,14,15)(H,16,17). The zero-order valence-corrected chi connectivity index (χ0v) is 10.9. The Kier molecular flexibility index (Phi) is 4.94. The van der Waals surface area contributed by atoms with Gasteiger partial charge in [-0.2, -0.15) is 0 Å². The number of hydrogen-bond acceptors (Lipinski definition) is 3. The van der Waals surface area contributed by atoms with Gasteiger partial charge in [0.2, 0.25) is 0 Å². The second kappa shape index (κ2) is 6.23. The highest BCUT2D eigenvalue weighted by Crippen LogP contribution is 2.08. The van der Waals surface area contributed by atoms with E-state index in [0.717, 1.165) is 6.42 Å². The average Bonchev–Trinajstić information content (AvgIpc) is 2.35. The van der Waals surface area contributed by atoms with Crippen LogP contribution >= 0.6 is 0 Å². The first-order chi connectivity index (χ1) is 8.08. The quantitative estimate of drug-likeness (QED) is 0.823. The molecule has 2 N–H and O–H groups in total. The summed E-state index contributed by atoms with van der Waals surface area (Å²) >= 11 is 0. The summed E-state index contributed by atoms with van der Waals surface area (Å²) in [5.74, 6) is 1.02. The molecule has 4 nitrogen and oxygen atoms in total. The molecule has 0 saturated heterocycles. The highest BCUT2D eigenvalue weighted by atomic mass is 16.1. The molecule has 0 aliphatic rings. The van der Waals surface area contributed by atoms with Crippen molar-refractivity contribution in [1.82, 2.24) is 10.3 Å². The first kappa shape index (κ1) is 13.5. The molecule has 4 heteroatoms. The summed E-state index contributed by atoms with van der Waals surface area (Å²) in [5.41, 5.74) is 0.455. The van der Waals surface area contributed by atoms with Crippen LogP contribution in [0.3, 0.4) is 0 Å². The summed E-state index contributed by atoms with van der Waals surface area (Å²) in [6.45, 7) is 6.28. The maximum absolute atomic E-state index is 12.0. The van der Waals surface area contributed by atoms with Gasteiger partial charge in [-0.3, -0.25) is 4.79 Å². The van der Waals surface area contributed by atoms with Crippen molar-refractivity contribution in [2.75, 3.05) is 12.4 Å². The molecule has 1 unspecified atom stereocenters. The smallest absolute Gasteiger partial charge is 0.270 e. The summed E-state index contributed by atoms with van der Waals surface area (Å²) in [5, 5.41) is 5.93. The molecule has 1 amide bonds. The number of carbonyl (C=O) groups excluding carboxylic acids is 1. The van der Waals surface area contributed by atoms with Crippen LogP contribution < -0.4 is 10.6 Å². The number of nitrogens with one attached hydrogen (secondary N) is 2. The fraction of sp³-hybridized carbons (Fsp3) is 0.538. The summed E-state index contributed by atoms with van der Waals surface area (Å²) in [7, 11) is 1.78. The number of pyridine rings is 1. The summed E-state index contributed by atoms with van der Waals surface area (Å²) < 4.78 is 0. The minimum Gasteiger partial charge on any atom is -0.373 e. The van der Waals surface area contributed by atoms with E-state index in [2.05, 4.69) is 36.4 Å². The molecule has 0 aliphatic heterocycles. The second-order valence-corrected chi connectivity index (χ2v) is 4.39. The van der Waals surface area contributed by atoms with E-state index < -0.39 is 0 Å². The molecule has 0 spiro atoms. The third-order valence-electron chi connectivity index (χ3n) is 2.80. The SMILES string of the molecule is CCC(NC(=O)c1cccc(NC)n1)C(C)C. The van der Waals surface area contributed by atoms with E-state index >= 15 is 0 Å². The van der Waals surface area contributed by atoms with Crippen LogP contribution in [-0.4, -0.2) is 24.0 Å². The lowest BCUT2D eigenvalue weighted by atomic mass is 10.0. The van der Waals surface area contributed by atoms with E-state index in [-0.39, 0.29) is 11.9 Å². The van der Waals surface area contributed by atoms with Crippen molar-refractivity contribution in [2.45, 2.75) is 33.2 Å². The largest absolute Gasteiger partial charge is 0.373 e. The van der Waals surface area contributed by atoms with Crippen molar-refractivity contribution in [3.05, 3.63) is 23.9 Å². The Hall–Kier alpha value is -1.58. The van der Waals surface area contributed by atoms with Gasteiger partial charge in [0.1, 0.15) is 11.5 Å². The van der Waals surface area contributed by atoms with Crippen LogP contribution in [0.5, 0.6) is 0 Å². The lowest BCUT2D eigenvalue weighted by molar-refractivity contribution is 0.0919. The molecule has 1 aromatic heterocycles. The van der Waals surface area contributed by atoms with Gasteiger partial charge in [-0.05, 0) is 24.5 Å². The van der Waals surface area contributed by atoms with E-state index in [9.17, 15) is 4.79 Å². The first-order valence-corrected chi connectivity index (χ1v) is 6.04. The van der Waals surface area contributed by atoms with Gasteiger partial charge in [-0.15, -0.1) is 0 Å². The van der Waals surface area contributed by atoms with Crippen molar-refractivity contribution < 1.29 is 4.79 Å². The number of nitrogens with zero attached hydrogens (tertiary/aromatic N) is 1. The maximum Gasteiger partial charge on any atom is 0.270 e. The third kappa shape index (κ3) is 3.73. The lowest BCUT2D eigenvalue weighted by Crippen LogP contribution is -2.38. The molecule has 1 heterocycles. The number of rotatable bonds is 5. The van der Waals surface area contributed by atoms with Crippen LogP contribution in [0.4, 0.5) is 5.82 Å². The zero-order chi connectivity index (χ0) is 12.8. The lowest BCUT2D eigenvalue weighted by Gasteiger charge is -2.20. The van der Waals surface area contributed by atoms with Gasteiger partial charge in [0.15, 0.2) is 0 Å². The third-order valence-corrected chi connectivity index (χ3v) is 2.80. The number of anilines is 1. The van der Waals surface area contributed by atoms with Crippen molar-refractivity contribution in [3.8, 4) is 0 Å². The van der Waals surface area contributed by atoms with Crippen LogP contribution in [0, 0.1) is 5.92 Å². The van der Waals surface area contributed by atoms with Gasteiger partial charge >= 0.3 is 0 Å². The topological polar surface area (TPSA) is 54.0 Å². The van der Waals surface area contributed by atoms with E-state index in [0.29, 0.717) is 17.4 Å². The minimum atomic E-state index is -0.109. The van der Waals surface area contributed by atoms with Crippen LogP contribution in [0.1, 0.15) is 37.7 Å². The molecule has 17 heavy (non-hydrogen) atoms. The molecule has 0 bridgehead atoms. The highest BCUT2D eigenvalue weighted by molar-refractivity contribution is 5.92. The van der Waals surface area contributed by atoms with Crippen LogP contribution in [0.15, 0.2) is 18.2 Å². The first-order valence-electron chi connectivity index (χ1n) is 6.04. The monoisotopic (exact) mass is 235 g/mol. The van der Waals surface area contributed by atoms with Gasteiger partial charge in [0.05, 0.1) is 0 Å². The highest BCUT2D eigenvalue weighted by Gasteiger charge is 2.16. The number of hydrogen-bond donors (Lipinski definition) is 2. The predicted molar refractivity (Wildman–Crippen MR) is 70.2 cm³/mol. The molecule has 1 rings (SSSR count). The molecule has 94 valence electrons. The Bertz CT molecular complexity index is 377. The van der Waals surface area contributed by atoms with Gasteiger partial charge in [0, 0.05) is 13.1 Å². The molecule has 1 aromatic rings. The molecular weight excluding hydrogens is 214 g/mol. The zero-order valence-electron chi connectivity index (χ0n) is 10.9. The second-order valence-electron chi connectivity index (χ2n) is 4.39. The van der Waals surface area contributed by atoms with Crippen molar-refractivity contribution in [2.24, 2.45) is 5.92 Å². The van der Waals surface area contributed by atoms with Crippen LogP contribution in [-0.2, 0) is 0 Å². The van der Waals surface area contributed by atoms with E-state index in [1.54, 1.807) is 13.1 Å². The molecule has 0 aromatic carbocycles. The summed E-state index contributed by atoms with van der Waals surface area (Å²) in [6.07, 6.45) is 0.926. The summed E-state index contributed by atoms with van der Waals surface area (Å²) in [6, 6.07) is 5.58. The minimum absolute atomic E-state index is 0.109. The van der Waals surface area contributed by atoms with E-state index in [4.69, 9.17) is 0 Å². The molecule has 1 atom stereocenters. The van der Waals surface area contributed by atoms with Crippen LogP contribution in [0.2, 0.25) is 0 Å². The average molecular weight is 235 g/mol. The molecule has 0 saturated carbocycles. The molecular formula is C13H21N3O. The summed E-state index contributed by atoms with van der Waals surface area (Å²) in [4.78, 5) is 16.2.